The second-order valence-electron chi connectivity index (χ2n) is 6.69. The van der Waals surface area contributed by atoms with Crippen molar-refractivity contribution in [2.75, 3.05) is 6.54 Å². The lowest BCUT2D eigenvalue weighted by Gasteiger charge is -2.36. The number of hydrogen-bond acceptors (Lipinski definition) is 5. The zero-order valence-corrected chi connectivity index (χ0v) is 14.7. The van der Waals surface area contributed by atoms with Gasteiger partial charge in [-0.15, -0.1) is 0 Å². The third kappa shape index (κ3) is 3.21. The Morgan fingerprint density at radius 1 is 1.17 bits per heavy atom. The van der Waals surface area contributed by atoms with Gasteiger partial charge in [0.15, 0.2) is 5.69 Å². The SMILES string of the molecule is Cc1oc(C2CCCCN2S(=O)(=O)C2CCCCC2)nc1C(=O)O. The molecule has 2 heterocycles. The molecule has 1 saturated heterocycles. The molecule has 3 rings (SSSR count). The molecule has 1 aromatic rings. The first-order valence-electron chi connectivity index (χ1n) is 8.62. The molecule has 1 atom stereocenters. The topological polar surface area (TPSA) is 101 Å². The summed E-state index contributed by atoms with van der Waals surface area (Å²) in [6.45, 7) is 2.00. The van der Waals surface area contributed by atoms with E-state index in [1.54, 1.807) is 6.92 Å². The van der Waals surface area contributed by atoms with Gasteiger partial charge in [0.05, 0.1) is 5.25 Å². The third-order valence-electron chi connectivity index (χ3n) is 5.05. The molecular formula is C16H24N2O5S. The number of piperidine rings is 1. The molecule has 7 nitrogen and oxygen atoms in total. The fraction of sp³-hybridized carbons (Fsp3) is 0.750. The number of rotatable bonds is 4. The van der Waals surface area contributed by atoms with Crippen molar-refractivity contribution in [2.45, 2.75) is 69.6 Å². The highest BCUT2D eigenvalue weighted by molar-refractivity contribution is 7.89. The van der Waals surface area contributed by atoms with Crippen molar-refractivity contribution in [3.8, 4) is 0 Å². The van der Waals surface area contributed by atoms with Crippen LogP contribution in [0.3, 0.4) is 0 Å². The van der Waals surface area contributed by atoms with Crippen LogP contribution in [0.15, 0.2) is 4.42 Å². The number of carboxylic acids is 1. The fourth-order valence-corrected chi connectivity index (χ4v) is 6.01. The van der Waals surface area contributed by atoms with E-state index in [1.807, 2.05) is 0 Å². The minimum absolute atomic E-state index is 0.134. The monoisotopic (exact) mass is 356 g/mol. The van der Waals surface area contributed by atoms with Gasteiger partial charge < -0.3 is 9.52 Å². The molecule has 24 heavy (non-hydrogen) atoms. The van der Waals surface area contributed by atoms with Gasteiger partial charge in [0, 0.05) is 6.54 Å². The highest BCUT2D eigenvalue weighted by atomic mass is 32.2. The maximum atomic E-state index is 13.1. The van der Waals surface area contributed by atoms with E-state index < -0.39 is 22.0 Å². The molecule has 0 radical (unpaired) electrons. The number of carbonyl (C=O) groups is 1. The number of carboxylic acid groups (broad SMARTS) is 1. The normalized spacial score (nSPS) is 24.1. The summed E-state index contributed by atoms with van der Waals surface area (Å²) in [7, 11) is -3.42. The van der Waals surface area contributed by atoms with Crippen LogP contribution in [0.1, 0.15) is 79.5 Å². The van der Waals surface area contributed by atoms with Crippen molar-refractivity contribution >= 4 is 16.0 Å². The molecule has 2 fully saturated rings. The number of sulfonamides is 1. The van der Waals surface area contributed by atoms with Gasteiger partial charge in [-0.25, -0.2) is 18.2 Å². The van der Waals surface area contributed by atoms with Crippen LogP contribution < -0.4 is 0 Å². The van der Waals surface area contributed by atoms with Gasteiger partial charge in [0.1, 0.15) is 11.8 Å². The number of nitrogens with zero attached hydrogens (tertiary/aromatic N) is 2. The van der Waals surface area contributed by atoms with E-state index in [9.17, 15) is 13.2 Å². The predicted octanol–water partition coefficient (Wildman–Crippen LogP) is 2.87. The number of oxazole rings is 1. The summed E-state index contributed by atoms with van der Waals surface area (Å²) >= 11 is 0. The smallest absolute Gasteiger partial charge is 0.358 e. The van der Waals surface area contributed by atoms with E-state index in [0.29, 0.717) is 25.8 Å². The summed E-state index contributed by atoms with van der Waals surface area (Å²) in [6, 6.07) is -0.488. The number of aromatic nitrogens is 1. The van der Waals surface area contributed by atoms with Gasteiger partial charge >= 0.3 is 5.97 Å². The van der Waals surface area contributed by atoms with Crippen LogP contribution in [-0.4, -0.2) is 40.6 Å². The Balaban J connectivity index is 1.90. The maximum absolute atomic E-state index is 13.1. The number of aryl methyl sites for hydroxylation is 1. The first-order valence-corrected chi connectivity index (χ1v) is 10.1. The van der Waals surface area contributed by atoms with Crippen LogP contribution in [0, 0.1) is 6.92 Å². The van der Waals surface area contributed by atoms with Crippen LogP contribution in [0.4, 0.5) is 0 Å². The summed E-state index contributed by atoms with van der Waals surface area (Å²) < 4.78 is 33.2. The predicted molar refractivity (Wildman–Crippen MR) is 87.3 cm³/mol. The Kier molecular flexibility index (Phi) is 4.96. The largest absolute Gasteiger partial charge is 0.476 e. The van der Waals surface area contributed by atoms with E-state index in [1.165, 1.54) is 4.31 Å². The quantitative estimate of drug-likeness (QED) is 0.890. The van der Waals surface area contributed by atoms with Crippen LogP contribution in [0.5, 0.6) is 0 Å². The first kappa shape index (κ1) is 17.4. The van der Waals surface area contributed by atoms with Crippen molar-refractivity contribution in [1.82, 2.24) is 9.29 Å². The number of aromatic carboxylic acids is 1. The van der Waals surface area contributed by atoms with Gasteiger partial charge in [-0.2, -0.15) is 4.31 Å². The maximum Gasteiger partial charge on any atom is 0.358 e. The Morgan fingerprint density at radius 2 is 1.83 bits per heavy atom. The summed E-state index contributed by atoms with van der Waals surface area (Å²) in [5, 5.41) is 8.82. The van der Waals surface area contributed by atoms with E-state index >= 15 is 0 Å². The van der Waals surface area contributed by atoms with Gasteiger partial charge in [0.2, 0.25) is 15.9 Å². The van der Waals surface area contributed by atoms with E-state index in [4.69, 9.17) is 9.52 Å². The molecule has 2 aliphatic rings. The zero-order chi connectivity index (χ0) is 17.3. The molecule has 1 unspecified atom stereocenters. The van der Waals surface area contributed by atoms with Crippen LogP contribution in [-0.2, 0) is 10.0 Å². The molecule has 0 bridgehead atoms. The van der Waals surface area contributed by atoms with E-state index in [2.05, 4.69) is 4.98 Å². The van der Waals surface area contributed by atoms with Crippen molar-refractivity contribution in [3.05, 3.63) is 17.3 Å². The van der Waals surface area contributed by atoms with E-state index in [0.717, 1.165) is 32.1 Å². The molecule has 0 spiro atoms. The minimum Gasteiger partial charge on any atom is -0.476 e. The molecular weight excluding hydrogens is 332 g/mol. The van der Waals surface area contributed by atoms with Crippen LogP contribution in [0.2, 0.25) is 0 Å². The second kappa shape index (κ2) is 6.84. The van der Waals surface area contributed by atoms with Gasteiger partial charge in [-0.1, -0.05) is 25.7 Å². The summed E-state index contributed by atoms with van der Waals surface area (Å²) in [5.74, 6) is -0.720. The Morgan fingerprint density at radius 3 is 2.46 bits per heavy atom. The molecule has 134 valence electrons. The van der Waals surface area contributed by atoms with E-state index in [-0.39, 0.29) is 22.6 Å². The van der Waals surface area contributed by atoms with Crippen molar-refractivity contribution in [1.29, 1.82) is 0 Å². The summed E-state index contributed by atoms with van der Waals surface area (Å²) in [6.07, 6.45) is 6.71. The lowest BCUT2D eigenvalue weighted by atomic mass is 10.0. The fourth-order valence-electron chi connectivity index (χ4n) is 3.77. The highest BCUT2D eigenvalue weighted by Gasteiger charge is 2.41. The Labute approximate surface area is 142 Å². The minimum atomic E-state index is -3.42. The molecule has 0 amide bonds. The average molecular weight is 356 g/mol. The standard InChI is InChI=1S/C16H24N2O5S/c1-11-14(16(19)20)17-15(23-11)13-9-5-6-10-18(13)24(21,22)12-7-3-2-4-8-12/h12-13H,2-10H2,1H3,(H,19,20). The molecule has 1 aliphatic carbocycles. The van der Waals surface area contributed by atoms with Gasteiger partial charge in [-0.05, 0) is 32.6 Å². The lowest BCUT2D eigenvalue weighted by Crippen LogP contribution is -2.44. The Hall–Kier alpha value is -1.41. The molecule has 1 aromatic heterocycles. The third-order valence-corrected chi connectivity index (χ3v) is 7.46. The highest BCUT2D eigenvalue weighted by Crippen LogP contribution is 2.37. The molecule has 0 aromatic carbocycles. The molecule has 1 saturated carbocycles. The van der Waals surface area contributed by atoms with Gasteiger partial charge in [-0.3, -0.25) is 0 Å². The van der Waals surface area contributed by atoms with Crippen LogP contribution >= 0.6 is 0 Å². The molecule has 8 heteroatoms. The Bertz CT molecular complexity index is 706. The number of hydrogen-bond donors (Lipinski definition) is 1. The van der Waals surface area contributed by atoms with Gasteiger partial charge in [0.25, 0.3) is 0 Å². The van der Waals surface area contributed by atoms with Crippen LogP contribution in [0.25, 0.3) is 0 Å². The van der Waals surface area contributed by atoms with Crippen molar-refractivity contribution < 1.29 is 22.7 Å². The second-order valence-corrected chi connectivity index (χ2v) is 8.85. The summed E-state index contributed by atoms with van der Waals surface area (Å²) in [4.78, 5) is 15.3. The first-order chi connectivity index (χ1) is 11.4. The van der Waals surface area contributed by atoms with Crippen molar-refractivity contribution in [2.24, 2.45) is 0 Å². The van der Waals surface area contributed by atoms with Crippen molar-refractivity contribution in [3.63, 3.8) is 0 Å². The molecule has 1 aliphatic heterocycles. The molecule has 1 N–H and O–H groups in total. The summed E-state index contributed by atoms with van der Waals surface area (Å²) in [5.41, 5.74) is -0.134. The lowest BCUT2D eigenvalue weighted by molar-refractivity contribution is 0.0689. The zero-order valence-electron chi connectivity index (χ0n) is 13.9. The average Bonchev–Trinajstić information content (AvgIpc) is 2.98.